The molecule has 3 aliphatic heterocycles. The van der Waals surface area contributed by atoms with Crippen LogP contribution in [0.4, 0.5) is 0 Å². The Labute approximate surface area is 190 Å². The molecule has 4 amide bonds. The number of imide groups is 1. The Balaban J connectivity index is 1.26. The van der Waals surface area contributed by atoms with Crippen molar-refractivity contribution in [3.63, 3.8) is 0 Å². The summed E-state index contributed by atoms with van der Waals surface area (Å²) in [5, 5.41) is 5.22. The molecule has 1 unspecified atom stereocenters. The van der Waals surface area contributed by atoms with Crippen molar-refractivity contribution in [3.05, 3.63) is 69.8 Å². The number of rotatable bonds is 4. The molecular formula is C25H23N3O5. The summed E-state index contributed by atoms with van der Waals surface area (Å²) >= 11 is 0. The summed E-state index contributed by atoms with van der Waals surface area (Å²) in [6.07, 6.45) is 2.41. The molecule has 2 aromatic rings. The zero-order valence-electron chi connectivity index (χ0n) is 18.1. The standard InChI is InChI=1S/C25H23N3O5/c1-14-3-2-4-21-19(14)10-17(13-33-21)23(30)26-11-15-5-6-18-16(9-15)12-28(25(18)32)20-7-8-22(29)27-24(20)31/h2-6,9-10,20H,7-8,11-13H2,1H3,(H,26,30)(H,27,29,31). The van der Waals surface area contributed by atoms with Crippen LogP contribution in [0.3, 0.4) is 0 Å². The minimum atomic E-state index is -0.643. The van der Waals surface area contributed by atoms with E-state index in [1.807, 2.05) is 37.3 Å². The van der Waals surface area contributed by atoms with Crippen LogP contribution in [0.1, 0.15) is 45.5 Å². The molecule has 8 nitrogen and oxygen atoms in total. The minimum absolute atomic E-state index is 0.203. The van der Waals surface area contributed by atoms with Crippen molar-refractivity contribution < 1.29 is 23.9 Å². The maximum absolute atomic E-state index is 12.8. The predicted molar refractivity (Wildman–Crippen MR) is 119 cm³/mol. The van der Waals surface area contributed by atoms with Gasteiger partial charge >= 0.3 is 0 Å². The average molecular weight is 445 g/mol. The summed E-state index contributed by atoms with van der Waals surface area (Å²) in [7, 11) is 0. The van der Waals surface area contributed by atoms with Crippen LogP contribution < -0.4 is 15.4 Å². The van der Waals surface area contributed by atoms with E-state index >= 15 is 0 Å². The van der Waals surface area contributed by atoms with Gasteiger partial charge in [0.1, 0.15) is 18.4 Å². The summed E-state index contributed by atoms with van der Waals surface area (Å²) in [6.45, 7) is 2.79. The van der Waals surface area contributed by atoms with Gasteiger partial charge in [0.25, 0.3) is 11.8 Å². The molecule has 3 heterocycles. The third-order valence-corrected chi connectivity index (χ3v) is 6.32. The van der Waals surface area contributed by atoms with Gasteiger partial charge in [-0.1, -0.05) is 24.3 Å². The average Bonchev–Trinajstić information content (AvgIpc) is 3.13. The molecule has 3 aliphatic rings. The summed E-state index contributed by atoms with van der Waals surface area (Å²) in [4.78, 5) is 50.6. The number of amides is 4. The zero-order chi connectivity index (χ0) is 23.1. The first-order valence-electron chi connectivity index (χ1n) is 10.9. The van der Waals surface area contributed by atoms with E-state index in [0.717, 1.165) is 28.0 Å². The number of nitrogens with zero attached hydrogens (tertiary/aromatic N) is 1. The lowest BCUT2D eigenvalue weighted by Crippen LogP contribution is -2.52. The first-order valence-corrected chi connectivity index (χ1v) is 10.9. The van der Waals surface area contributed by atoms with Crippen LogP contribution in [0.15, 0.2) is 42.0 Å². The minimum Gasteiger partial charge on any atom is -0.488 e. The molecule has 2 aromatic carbocycles. The van der Waals surface area contributed by atoms with E-state index in [9.17, 15) is 19.2 Å². The lowest BCUT2D eigenvalue weighted by molar-refractivity contribution is -0.137. The maximum atomic E-state index is 12.8. The number of hydrogen-bond acceptors (Lipinski definition) is 5. The van der Waals surface area contributed by atoms with Gasteiger partial charge in [0.05, 0.1) is 5.57 Å². The maximum Gasteiger partial charge on any atom is 0.255 e. The molecule has 0 aliphatic carbocycles. The second-order valence-electron chi connectivity index (χ2n) is 8.52. The first kappa shape index (κ1) is 20.9. The van der Waals surface area contributed by atoms with Gasteiger partial charge in [-0.2, -0.15) is 0 Å². The van der Waals surface area contributed by atoms with Gasteiger partial charge < -0.3 is 15.0 Å². The number of nitrogens with one attached hydrogen (secondary N) is 2. The Kier molecular flexibility index (Phi) is 5.20. The van der Waals surface area contributed by atoms with Gasteiger partial charge in [0, 0.05) is 30.6 Å². The molecule has 2 N–H and O–H groups in total. The summed E-state index contributed by atoms with van der Waals surface area (Å²) in [5.41, 5.74) is 4.72. The highest BCUT2D eigenvalue weighted by Crippen LogP contribution is 2.30. The lowest BCUT2D eigenvalue weighted by Gasteiger charge is -2.29. The smallest absolute Gasteiger partial charge is 0.255 e. The van der Waals surface area contributed by atoms with E-state index in [-0.39, 0.29) is 30.7 Å². The molecule has 0 aromatic heterocycles. The zero-order valence-corrected chi connectivity index (χ0v) is 18.1. The van der Waals surface area contributed by atoms with Crippen LogP contribution in [-0.2, 0) is 27.5 Å². The fourth-order valence-corrected chi connectivity index (χ4v) is 4.50. The van der Waals surface area contributed by atoms with E-state index in [1.54, 1.807) is 12.1 Å². The van der Waals surface area contributed by atoms with E-state index in [2.05, 4.69) is 10.6 Å². The van der Waals surface area contributed by atoms with Crippen molar-refractivity contribution in [1.29, 1.82) is 0 Å². The quantitative estimate of drug-likeness (QED) is 0.699. The first-order chi connectivity index (χ1) is 15.9. The molecule has 0 bridgehead atoms. The van der Waals surface area contributed by atoms with E-state index in [4.69, 9.17) is 4.74 Å². The molecule has 1 fully saturated rings. The Morgan fingerprint density at radius 2 is 2.06 bits per heavy atom. The highest BCUT2D eigenvalue weighted by Gasteiger charge is 2.39. The van der Waals surface area contributed by atoms with Gasteiger partial charge in [-0.3, -0.25) is 24.5 Å². The Morgan fingerprint density at radius 1 is 1.21 bits per heavy atom. The highest BCUT2D eigenvalue weighted by molar-refractivity contribution is 6.05. The van der Waals surface area contributed by atoms with Crippen molar-refractivity contribution in [2.45, 2.75) is 38.9 Å². The fraction of sp³-hybridized carbons (Fsp3) is 0.280. The van der Waals surface area contributed by atoms with Crippen LogP contribution >= 0.6 is 0 Å². The fourth-order valence-electron chi connectivity index (χ4n) is 4.50. The monoisotopic (exact) mass is 445 g/mol. The highest BCUT2D eigenvalue weighted by atomic mass is 16.5. The number of carbonyl (C=O) groups is 4. The normalized spacial score (nSPS) is 19.3. The van der Waals surface area contributed by atoms with Gasteiger partial charge in [0.15, 0.2) is 0 Å². The lowest BCUT2D eigenvalue weighted by atomic mass is 10.0. The van der Waals surface area contributed by atoms with Crippen molar-refractivity contribution in [3.8, 4) is 5.75 Å². The van der Waals surface area contributed by atoms with Crippen LogP contribution in [0.25, 0.3) is 6.08 Å². The van der Waals surface area contributed by atoms with Crippen LogP contribution in [-0.4, -0.2) is 41.2 Å². The van der Waals surface area contributed by atoms with E-state index < -0.39 is 11.9 Å². The summed E-state index contributed by atoms with van der Waals surface area (Å²) in [5.74, 6) is -0.384. The van der Waals surface area contributed by atoms with Crippen LogP contribution in [0.5, 0.6) is 5.75 Å². The van der Waals surface area contributed by atoms with Gasteiger partial charge in [0.2, 0.25) is 11.8 Å². The van der Waals surface area contributed by atoms with Crippen molar-refractivity contribution in [2.75, 3.05) is 6.61 Å². The second kappa shape index (κ2) is 8.20. The number of benzene rings is 2. The Morgan fingerprint density at radius 3 is 2.88 bits per heavy atom. The Hall–Kier alpha value is -3.94. The molecule has 1 saturated heterocycles. The third-order valence-electron chi connectivity index (χ3n) is 6.32. The number of ether oxygens (including phenoxy) is 1. The second-order valence-corrected chi connectivity index (χ2v) is 8.52. The molecular weight excluding hydrogens is 422 g/mol. The molecule has 0 radical (unpaired) electrons. The van der Waals surface area contributed by atoms with Crippen molar-refractivity contribution in [1.82, 2.24) is 15.5 Å². The molecule has 33 heavy (non-hydrogen) atoms. The third kappa shape index (κ3) is 3.88. The SMILES string of the molecule is Cc1cccc2c1C=C(C(=O)NCc1ccc3c(c1)CN(C1CCC(=O)NC1=O)C3=O)CO2. The number of aryl methyl sites for hydroxylation is 1. The predicted octanol–water partition coefficient (Wildman–Crippen LogP) is 1.85. The molecule has 5 rings (SSSR count). The van der Waals surface area contributed by atoms with Gasteiger partial charge in [-0.15, -0.1) is 0 Å². The largest absolute Gasteiger partial charge is 0.488 e. The Bertz CT molecular complexity index is 1230. The number of fused-ring (bicyclic) bond motifs is 2. The molecule has 1 atom stereocenters. The molecule has 168 valence electrons. The van der Waals surface area contributed by atoms with Crippen LogP contribution in [0, 0.1) is 6.92 Å². The topological polar surface area (TPSA) is 105 Å². The van der Waals surface area contributed by atoms with E-state index in [1.165, 1.54) is 4.90 Å². The van der Waals surface area contributed by atoms with Crippen LogP contribution in [0.2, 0.25) is 0 Å². The summed E-state index contributed by atoms with van der Waals surface area (Å²) in [6, 6.07) is 10.6. The van der Waals surface area contributed by atoms with Crippen molar-refractivity contribution >= 4 is 29.7 Å². The summed E-state index contributed by atoms with van der Waals surface area (Å²) < 4.78 is 5.72. The molecule has 0 saturated carbocycles. The number of piperidine rings is 1. The van der Waals surface area contributed by atoms with E-state index in [0.29, 0.717) is 30.6 Å². The van der Waals surface area contributed by atoms with Gasteiger partial charge in [-0.25, -0.2) is 0 Å². The molecule has 8 heteroatoms. The van der Waals surface area contributed by atoms with Gasteiger partial charge in [-0.05, 0) is 48.2 Å². The molecule has 0 spiro atoms. The van der Waals surface area contributed by atoms with Crippen molar-refractivity contribution in [2.24, 2.45) is 0 Å². The number of carbonyl (C=O) groups excluding carboxylic acids is 4. The number of hydrogen-bond donors (Lipinski definition) is 2.